The molecular weight excluding hydrogens is 314 g/mol. The Labute approximate surface area is 138 Å². The second-order valence-electron chi connectivity index (χ2n) is 5.46. The summed E-state index contributed by atoms with van der Waals surface area (Å²) < 4.78 is 4.19. The molecule has 3 heterocycles. The van der Waals surface area contributed by atoms with Crippen LogP contribution in [0.15, 0.2) is 12.3 Å². The predicted octanol–water partition coefficient (Wildman–Crippen LogP) is 1.25. The molecule has 1 unspecified atom stereocenters. The number of anilines is 3. The van der Waals surface area contributed by atoms with Crippen LogP contribution in [0.1, 0.15) is 29.0 Å². The Hall–Kier alpha value is -2.26. The molecule has 1 fully saturated rings. The van der Waals surface area contributed by atoms with Gasteiger partial charge in [-0.05, 0) is 43.9 Å². The highest BCUT2D eigenvalue weighted by molar-refractivity contribution is 7.10. The molecule has 23 heavy (non-hydrogen) atoms. The number of aryl methyl sites for hydroxylation is 1. The molecule has 0 bridgehead atoms. The van der Waals surface area contributed by atoms with Crippen LogP contribution in [0.2, 0.25) is 0 Å². The summed E-state index contributed by atoms with van der Waals surface area (Å²) in [5.41, 5.74) is 6.39. The summed E-state index contributed by atoms with van der Waals surface area (Å²) in [5, 5.41) is 10.5. The van der Waals surface area contributed by atoms with Crippen molar-refractivity contribution in [1.82, 2.24) is 19.7 Å². The van der Waals surface area contributed by atoms with E-state index in [4.69, 9.17) is 5.73 Å². The van der Waals surface area contributed by atoms with Crippen molar-refractivity contribution in [2.24, 2.45) is 5.73 Å². The molecule has 2 aromatic rings. The molecule has 1 amide bonds. The van der Waals surface area contributed by atoms with Crippen LogP contribution in [0, 0.1) is 6.92 Å². The first-order chi connectivity index (χ1) is 11.1. The standard InChI is InChI=1S/C14H19N7OS/c1-8-5-11(23-21-8)20-14-12(13(15)22)17-7-10(19-14)18-9-3-2-4-16-6-9/h5,7,9,16H,2-4,6H2,1H3,(H2,15,22)(H2,18,19,20). The molecule has 8 nitrogen and oxygen atoms in total. The van der Waals surface area contributed by atoms with Crippen LogP contribution in [0.25, 0.3) is 0 Å². The summed E-state index contributed by atoms with van der Waals surface area (Å²) in [7, 11) is 0. The first-order valence-electron chi connectivity index (χ1n) is 7.46. The summed E-state index contributed by atoms with van der Waals surface area (Å²) in [6.07, 6.45) is 3.73. The van der Waals surface area contributed by atoms with Crippen molar-refractivity contribution >= 4 is 34.1 Å². The van der Waals surface area contributed by atoms with Crippen molar-refractivity contribution in [3.05, 3.63) is 23.7 Å². The van der Waals surface area contributed by atoms with Crippen LogP contribution in [0.5, 0.6) is 0 Å². The van der Waals surface area contributed by atoms with E-state index in [-0.39, 0.29) is 5.69 Å². The number of piperidine rings is 1. The highest BCUT2D eigenvalue weighted by atomic mass is 32.1. The lowest BCUT2D eigenvalue weighted by atomic mass is 10.1. The number of hydrogen-bond acceptors (Lipinski definition) is 8. The summed E-state index contributed by atoms with van der Waals surface area (Å²) >= 11 is 1.29. The molecule has 122 valence electrons. The van der Waals surface area contributed by atoms with Gasteiger partial charge in [-0.15, -0.1) is 0 Å². The number of nitrogens with zero attached hydrogens (tertiary/aromatic N) is 3. The molecule has 0 saturated carbocycles. The Morgan fingerprint density at radius 2 is 2.39 bits per heavy atom. The van der Waals surface area contributed by atoms with Gasteiger partial charge in [0.15, 0.2) is 11.5 Å². The van der Waals surface area contributed by atoms with Gasteiger partial charge in [-0.1, -0.05) is 0 Å². The zero-order chi connectivity index (χ0) is 16.2. The van der Waals surface area contributed by atoms with Crippen LogP contribution in [-0.2, 0) is 0 Å². The van der Waals surface area contributed by atoms with Gasteiger partial charge in [0.25, 0.3) is 5.91 Å². The van der Waals surface area contributed by atoms with Crippen LogP contribution >= 0.6 is 11.5 Å². The van der Waals surface area contributed by atoms with Gasteiger partial charge in [-0.3, -0.25) is 4.79 Å². The number of nitrogens with two attached hydrogens (primary N) is 1. The molecule has 3 rings (SSSR count). The maximum Gasteiger partial charge on any atom is 0.271 e. The van der Waals surface area contributed by atoms with E-state index in [1.54, 1.807) is 0 Å². The molecule has 1 atom stereocenters. The molecule has 0 aromatic carbocycles. The summed E-state index contributed by atoms with van der Waals surface area (Å²) in [5.74, 6) is 0.342. The Morgan fingerprint density at radius 3 is 3.04 bits per heavy atom. The third-order valence-electron chi connectivity index (χ3n) is 3.52. The summed E-state index contributed by atoms with van der Waals surface area (Å²) in [4.78, 5) is 20.2. The van der Waals surface area contributed by atoms with E-state index in [2.05, 4.69) is 30.3 Å². The molecule has 0 radical (unpaired) electrons. The lowest BCUT2D eigenvalue weighted by Crippen LogP contribution is -2.38. The SMILES string of the molecule is Cc1cc(Nc2nc(NC3CCCNC3)cnc2C(N)=O)sn1. The van der Waals surface area contributed by atoms with Gasteiger partial charge in [-0.2, -0.15) is 4.37 Å². The third-order valence-corrected chi connectivity index (χ3v) is 4.32. The third kappa shape index (κ3) is 3.93. The quantitative estimate of drug-likeness (QED) is 0.650. The number of carbonyl (C=O) groups is 1. The molecule has 1 aliphatic heterocycles. The van der Waals surface area contributed by atoms with Crippen molar-refractivity contribution < 1.29 is 4.79 Å². The van der Waals surface area contributed by atoms with E-state index < -0.39 is 5.91 Å². The van der Waals surface area contributed by atoms with E-state index in [0.717, 1.165) is 36.6 Å². The van der Waals surface area contributed by atoms with Gasteiger partial charge in [0.05, 0.1) is 11.9 Å². The van der Waals surface area contributed by atoms with Crippen LogP contribution in [-0.4, -0.2) is 39.4 Å². The Bertz CT molecular complexity index is 696. The minimum absolute atomic E-state index is 0.114. The monoisotopic (exact) mass is 333 g/mol. The van der Waals surface area contributed by atoms with E-state index in [1.807, 2.05) is 13.0 Å². The Morgan fingerprint density at radius 1 is 1.52 bits per heavy atom. The molecule has 9 heteroatoms. The van der Waals surface area contributed by atoms with E-state index in [1.165, 1.54) is 17.7 Å². The molecule has 5 N–H and O–H groups in total. The number of nitrogens with one attached hydrogen (secondary N) is 3. The Kier molecular flexibility index (Phi) is 4.68. The van der Waals surface area contributed by atoms with E-state index in [0.29, 0.717) is 17.7 Å². The van der Waals surface area contributed by atoms with Crippen molar-refractivity contribution in [3.8, 4) is 0 Å². The number of amides is 1. The maximum absolute atomic E-state index is 11.6. The lowest BCUT2D eigenvalue weighted by Gasteiger charge is -2.24. The molecule has 1 saturated heterocycles. The van der Waals surface area contributed by atoms with Gasteiger partial charge >= 0.3 is 0 Å². The first-order valence-corrected chi connectivity index (χ1v) is 8.23. The Balaban J connectivity index is 1.82. The topological polar surface area (TPSA) is 118 Å². The molecule has 0 aliphatic carbocycles. The number of aromatic nitrogens is 3. The molecular formula is C14H19N7OS. The normalized spacial score (nSPS) is 17.7. The largest absolute Gasteiger partial charge is 0.365 e. The van der Waals surface area contributed by atoms with Gasteiger partial charge in [0.1, 0.15) is 10.8 Å². The number of rotatable bonds is 5. The molecule has 1 aliphatic rings. The summed E-state index contributed by atoms with van der Waals surface area (Å²) in [6, 6.07) is 2.18. The van der Waals surface area contributed by atoms with E-state index >= 15 is 0 Å². The fourth-order valence-corrected chi connectivity index (χ4v) is 3.11. The maximum atomic E-state index is 11.6. The van der Waals surface area contributed by atoms with Crippen molar-refractivity contribution in [2.45, 2.75) is 25.8 Å². The zero-order valence-corrected chi connectivity index (χ0v) is 13.6. The fourth-order valence-electron chi connectivity index (χ4n) is 2.45. The summed E-state index contributed by atoms with van der Waals surface area (Å²) in [6.45, 7) is 3.83. The van der Waals surface area contributed by atoms with Gasteiger partial charge in [0, 0.05) is 12.6 Å². The lowest BCUT2D eigenvalue weighted by molar-refractivity contribution is 0.0996. The van der Waals surface area contributed by atoms with Crippen LogP contribution in [0.4, 0.5) is 16.6 Å². The van der Waals surface area contributed by atoms with Gasteiger partial charge in [0.2, 0.25) is 0 Å². The molecule has 0 spiro atoms. The highest BCUT2D eigenvalue weighted by Gasteiger charge is 2.17. The molecule has 2 aromatic heterocycles. The van der Waals surface area contributed by atoms with Crippen molar-refractivity contribution in [2.75, 3.05) is 23.7 Å². The fraction of sp³-hybridized carbons (Fsp3) is 0.429. The average molecular weight is 333 g/mol. The van der Waals surface area contributed by atoms with Crippen LogP contribution < -0.4 is 21.7 Å². The second kappa shape index (κ2) is 6.88. The highest BCUT2D eigenvalue weighted by Crippen LogP contribution is 2.23. The minimum atomic E-state index is -0.618. The number of primary amides is 1. The smallest absolute Gasteiger partial charge is 0.271 e. The van der Waals surface area contributed by atoms with E-state index in [9.17, 15) is 4.79 Å². The number of hydrogen-bond donors (Lipinski definition) is 4. The number of carbonyl (C=O) groups excluding carboxylic acids is 1. The first kappa shape index (κ1) is 15.6. The van der Waals surface area contributed by atoms with Gasteiger partial charge < -0.3 is 21.7 Å². The average Bonchev–Trinajstić information content (AvgIpc) is 2.93. The van der Waals surface area contributed by atoms with Crippen molar-refractivity contribution in [3.63, 3.8) is 0 Å². The second-order valence-corrected chi connectivity index (χ2v) is 6.27. The zero-order valence-electron chi connectivity index (χ0n) is 12.8. The van der Waals surface area contributed by atoms with Gasteiger partial charge in [-0.25, -0.2) is 9.97 Å². The van der Waals surface area contributed by atoms with Crippen molar-refractivity contribution in [1.29, 1.82) is 0 Å². The van der Waals surface area contributed by atoms with Crippen LogP contribution in [0.3, 0.4) is 0 Å². The predicted molar refractivity (Wildman–Crippen MR) is 90.2 cm³/mol. The minimum Gasteiger partial charge on any atom is -0.365 e.